The number of allylic oxidation sites excluding steroid dienone is 1. The van der Waals surface area contributed by atoms with Gasteiger partial charge in [-0.3, -0.25) is 0 Å². The molecule has 1 aliphatic carbocycles. The fraction of sp³-hybridized carbons (Fsp3) is 0.429. The highest BCUT2D eigenvalue weighted by Crippen LogP contribution is 2.34. The number of methoxy groups -OCH3 is 1. The molecule has 0 spiro atoms. The van der Waals surface area contributed by atoms with Gasteiger partial charge in [0.05, 0.1) is 13.2 Å². The summed E-state index contributed by atoms with van der Waals surface area (Å²) in [5.41, 5.74) is 3.62. The maximum absolute atomic E-state index is 9.66. The summed E-state index contributed by atoms with van der Waals surface area (Å²) in [6.45, 7) is 0. The Labute approximate surface area is 107 Å². The van der Waals surface area contributed by atoms with Crippen LogP contribution >= 0.6 is 11.6 Å². The van der Waals surface area contributed by atoms with Gasteiger partial charge in [0.2, 0.25) is 0 Å². The molecule has 0 heterocycles. The van der Waals surface area contributed by atoms with Gasteiger partial charge in [-0.05, 0) is 36.5 Å². The zero-order chi connectivity index (χ0) is 12.3. The smallest absolute Gasteiger partial charge is 0.122 e. The second-order valence-electron chi connectivity index (χ2n) is 4.27. The number of ether oxygens (including phenoxy) is 1. The molecule has 1 unspecified atom stereocenters. The minimum Gasteiger partial charge on any atom is -0.496 e. The van der Waals surface area contributed by atoms with Crippen LogP contribution in [0.4, 0.5) is 0 Å². The predicted molar refractivity (Wildman–Crippen MR) is 70.6 cm³/mol. The third kappa shape index (κ3) is 2.64. The van der Waals surface area contributed by atoms with Crippen LogP contribution in [-0.4, -0.2) is 24.2 Å². The maximum atomic E-state index is 9.66. The fourth-order valence-corrected chi connectivity index (χ4v) is 2.43. The Bertz CT molecular complexity index is 426. The quantitative estimate of drug-likeness (QED) is 0.835. The number of aliphatic hydroxyl groups excluding tert-OH is 1. The van der Waals surface area contributed by atoms with Crippen LogP contribution in [0.1, 0.15) is 24.0 Å². The highest BCUT2D eigenvalue weighted by atomic mass is 35.5. The standard InChI is InChI=1S/C14H17ClO2/c1-17-14-7-3-5-12-10(8-11(16)9-15)4-2-6-13(12)14/h3-5,7,11,16H,2,6,8-9H2,1H3. The molecule has 0 aromatic heterocycles. The molecule has 0 radical (unpaired) electrons. The number of hydrogen-bond donors (Lipinski definition) is 1. The molecule has 92 valence electrons. The molecule has 3 heteroatoms. The summed E-state index contributed by atoms with van der Waals surface area (Å²) < 4.78 is 5.38. The Kier molecular flexibility index (Phi) is 4.08. The largest absolute Gasteiger partial charge is 0.496 e. The zero-order valence-corrected chi connectivity index (χ0v) is 10.7. The van der Waals surface area contributed by atoms with E-state index in [0.717, 1.165) is 18.6 Å². The van der Waals surface area contributed by atoms with E-state index in [1.165, 1.54) is 16.7 Å². The van der Waals surface area contributed by atoms with Crippen molar-refractivity contribution in [3.8, 4) is 5.75 Å². The third-order valence-corrected chi connectivity index (χ3v) is 3.47. The summed E-state index contributed by atoms with van der Waals surface area (Å²) in [5.74, 6) is 1.21. The van der Waals surface area contributed by atoms with Gasteiger partial charge in [0.1, 0.15) is 5.75 Å². The van der Waals surface area contributed by atoms with Crippen molar-refractivity contribution in [3.63, 3.8) is 0 Å². The summed E-state index contributed by atoms with van der Waals surface area (Å²) in [5, 5.41) is 9.66. The molecule has 1 aromatic rings. The first kappa shape index (κ1) is 12.5. The van der Waals surface area contributed by atoms with Gasteiger partial charge < -0.3 is 9.84 Å². The summed E-state index contributed by atoms with van der Waals surface area (Å²) in [7, 11) is 1.70. The van der Waals surface area contributed by atoms with E-state index in [-0.39, 0.29) is 5.88 Å². The van der Waals surface area contributed by atoms with Crippen LogP contribution in [0.15, 0.2) is 24.3 Å². The molecule has 1 aromatic carbocycles. The van der Waals surface area contributed by atoms with Gasteiger partial charge >= 0.3 is 0 Å². The van der Waals surface area contributed by atoms with Gasteiger partial charge in [-0.25, -0.2) is 0 Å². The van der Waals surface area contributed by atoms with E-state index < -0.39 is 6.10 Å². The monoisotopic (exact) mass is 252 g/mol. The van der Waals surface area contributed by atoms with Crippen molar-refractivity contribution >= 4 is 17.2 Å². The number of hydrogen-bond acceptors (Lipinski definition) is 2. The number of rotatable bonds is 4. The lowest BCUT2D eigenvalue weighted by molar-refractivity contribution is 0.204. The number of alkyl halides is 1. The van der Waals surface area contributed by atoms with Crippen molar-refractivity contribution in [1.29, 1.82) is 0 Å². The van der Waals surface area contributed by atoms with Gasteiger partial charge in [-0.2, -0.15) is 0 Å². The first-order valence-corrected chi connectivity index (χ1v) is 6.39. The number of halogens is 1. The molecule has 0 saturated heterocycles. The van der Waals surface area contributed by atoms with Crippen molar-refractivity contribution in [2.45, 2.75) is 25.4 Å². The number of fused-ring (bicyclic) bond motifs is 1. The molecule has 1 aliphatic rings. The van der Waals surface area contributed by atoms with Gasteiger partial charge in [0, 0.05) is 11.4 Å². The Morgan fingerprint density at radius 2 is 2.29 bits per heavy atom. The minimum absolute atomic E-state index is 0.274. The average molecular weight is 253 g/mol. The van der Waals surface area contributed by atoms with Crippen molar-refractivity contribution < 1.29 is 9.84 Å². The van der Waals surface area contributed by atoms with E-state index in [9.17, 15) is 5.11 Å². The van der Waals surface area contributed by atoms with Crippen molar-refractivity contribution in [3.05, 3.63) is 35.4 Å². The number of aliphatic hydroxyl groups is 1. The van der Waals surface area contributed by atoms with Crippen LogP contribution in [0.3, 0.4) is 0 Å². The van der Waals surface area contributed by atoms with Crippen LogP contribution in [-0.2, 0) is 6.42 Å². The van der Waals surface area contributed by atoms with Crippen LogP contribution in [0.25, 0.3) is 5.57 Å². The molecule has 0 fully saturated rings. The lowest BCUT2D eigenvalue weighted by atomic mass is 9.87. The first-order valence-electron chi connectivity index (χ1n) is 5.85. The van der Waals surface area contributed by atoms with E-state index >= 15 is 0 Å². The van der Waals surface area contributed by atoms with Gasteiger partial charge in [-0.15, -0.1) is 11.6 Å². The van der Waals surface area contributed by atoms with Crippen LogP contribution in [0, 0.1) is 0 Å². The molecule has 0 saturated carbocycles. The molecule has 0 bridgehead atoms. The van der Waals surface area contributed by atoms with E-state index in [0.29, 0.717) is 6.42 Å². The molecule has 2 nitrogen and oxygen atoms in total. The summed E-state index contributed by atoms with van der Waals surface area (Å²) >= 11 is 5.65. The zero-order valence-electron chi connectivity index (χ0n) is 9.95. The summed E-state index contributed by atoms with van der Waals surface area (Å²) in [4.78, 5) is 0. The fourth-order valence-electron chi connectivity index (χ4n) is 2.32. The van der Waals surface area contributed by atoms with Crippen molar-refractivity contribution in [1.82, 2.24) is 0 Å². The molecule has 0 amide bonds. The van der Waals surface area contributed by atoms with Gasteiger partial charge in [-0.1, -0.05) is 18.2 Å². The molecule has 2 rings (SSSR count). The van der Waals surface area contributed by atoms with Gasteiger partial charge in [0.25, 0.3) is 0 Å². The highest BCUT2D eigenvalue weighted by Gasteiger charge is 2.18. The predicted octanol–water partition coefficient (Wildman–Crippen LogP) is 3.01. The normalized spacial score (nSPS) is 16.1. The second-order valence-corrected chi connectivity index (χ2v) is 4.58. The van der Waals surface area contributed by atoms with E-state index in [4.69, 9.17) is 16.3 Å². The lowest BCUT2D eigenvalue weighted by Crippen LogP contribution is -2.11. The lowest BCUT2D eigenvalue weighted by Gasteiger charge is -2.21. The van der Waals surface area contributed by atoms with Crippen LogP contribution in [0.2, 0.25) is 0 Å². The minimum atomic E-state index is -0.472. The Balaban J connectivity index is 2.31. The topological polar surface area (TPSA) is 29.5 Å². The average Bonchev–Trinajstić information content (AvgIpc) is 2.38. The molecule has 1 atom stereocenters. The molecule has 17 heavy (non-hydrogen) atoms. The van der Waals surface area contributed by atoms with Gasteiger partial charge in [0.15, 0.2) is 0 Å². The van der Waals surface area contributed by atoms with E-state index in [1.54, 1.807) is 7.11 Å². The third-order valence-electron chi connectivity index (χ3n) is 3.12. The molecular formula is C14H17ClO2. The molecule has 0 aliphatic heterocycles. The van der Waals surface area contributed by atoms with Crippen molar-refractivity contribution in [2.75, 3.05) is 13.0 Å². The second kappa shape index (κ2) is 5.56. The summed E-state index contributed by atoms with van der Waals surface area (Å²) in [6.07, 6.45) is 4.33. The summed E-state index contributed by atoms with van der Waals surface area (Å²) in [6, 6.07) is 6.06. The van der Waals surface area contributed by atoms with Crippen LogP contribution < -0.4 is 4.74 Å². The Morgan fingerprint density at radius 1 is 1.47 bits per heavy atom. The highest BCUT2D eigenvalue weighted by molar-refractivity contribution is 6.18. The molecule has 1 N–H and O–H groups in total. The van der Waals surface area contributed by atoms with E-state index in [1.807, 2.05) is 12.1 Å². The Hall–Kier alpha value is -0.990. The van der Waals surface area contributed by atoms with E-state index in [2.05, 4.69) is 12.1 Å². The number of benzene rings is 1. The van der Waals surface area contributed by atoms with Crippen LogP contribution in [0.5, 0.6) is 5.75 Å². The maximum Gasteiger partial charge on any atom is 0.122 e. The Morgan fingerprint density at radius 3 is 3.00 bits per heavy atom. The first-order chi connectivity index (χ1) is 8.26. The molecular weight excluding hydrogens is 236 g/mol. The SMILES string of the molecule is COc1cccc2c1CCC=C2CC(O)CCl. The van der Waals surface area contributed by atoms with Crippen molar-refractivity contribution in [2.24, 2.45) is 0 Å².